The maximum atomic E-state index is 10.5. The Morgan fingerprint density at radius 2 is 2.30 bits per heavy atom. The van der Waals surface area contributed by atoms with Gasteiger partial charge in [-0.05, 0) is 7.05 Å². The average molecular weight is 147 g/mol. The van der Waals surface area contributed by atoms with Crippen molar-refractivity contribution in [3.8, 4) is 0 Å². The molecule has 0 radical (unpaired) electrons. The summed E-state index contributed by atoms with van der Waals surface area (Å²) in [4.78, 5) is 10.5. The molecule has 0 aliphatic carbocycles. The highest BCUT2D eigenvalue weighted by Gasteiger charge is 2.14. The molecule has 0 bridgehead atoms. The SMILES string of the molecule is CNC(CC(N)O)C(N)=O. The first-order chi connectivity index (χ1) is 4.57. The van der Waals surface area contributed by atoms with Gasteiger partial charge in [0.05, 0.1) is 6.04 Å². The number of primary amides is 1. The van der Waals surface area contributed by atoms with Gasteiger partial charge in [-0.2, -0.15) is 0 Å². The molecule has 0 saturated heterocycles. The van der Waals surface area contributed by atoms with Crippen LogP contribution in [0.5, 0.6) is 0 Å². The van der Waals surface area contributed by atoms with Gasteiger partial charge in [0.2, 0.25) is 5.91 Å². The molecule has 0 fully saturated rings. The van der Waals surface area contributed by atoms with E-state index in [-0.39, 0.29) is 6.42 Å². The first kappa shape index (κ1) is 9.35. The molecule has 2 atom stereocenters. The maximum absolute atomic E-state index is 10.5. The lowest BCUT2D eigenvalue weighted by atomic mass is 10.2. The lowest BCUT2D eigenvalue weighted by Crippen LogP contribution is -2.43. The summed E-state index contributed by atoms with van der Waals surface area (Å²) >= 11 is 0. The molecule has 0 aliphatic rings. The number of carbonyl (C=O) groups is 1. The van der Waals surface area contributed by atoms with Gasteiger partial charge < -0.3 is 21.9 Å². The van der Waals surface area contributed by atoms with Crippen molar-refractivity contribution in [2.75, 3.05) is 7.05 Å². The molecule has 60 valence electrons. The van der Waals surface area contributed by atoms with Crippen molar-refractivity contribution < 1.29 is 9.90 Å². The van der Waals surface area contributed by atoms with E-state index in [0.29, 0.717) is 0 Å². The largest absolute Gasteiger partial charge is 0.379 e. The van der Waals surface area contributed by atoms with Crippen LogP contribution in [-0.4, -0.2) is 30.3 Å². The van der Waals surface area contributed by atoms with Crippen LogP contribution in [0.15, 0.2) is 0 Å². The number of aliphatic hydroxyl groups is 1. The third kappa shape index (κ3) is 3.39. The van der Waals surface area contributed by atoms with Crippen molar-refractivity contribution in [1.82, 2.24) is 5.32 Å². The maximum Gasteiger partial charge on any atom is 0.234 e. The third-order valence-corrected chi connectivity index (χ3v) is 1.17. The van der Waals surface area contributed by atoms with E-state index in [0.717, 1.165) is 0 Å². The van der Waals surface area contributed by atoms with Gasteiger partial charge in [-0.25, -0.2) is 0 Å². The van der Waals surface area contributed by atoms with Gasteiger partial charge in [0.1, 0.15) is 6.23 Å². The molecule has 5 nitrogen and oxygen atoms in total. The summed E-state index contributed by atoms with van der Waals surface area (Å²) < 4.78 is 0. The highest BCUT2D eigenvalue weighted by molar-refractivity contribution is 5.79. The van der Waals surface area contributed by atoms with E-state index >= 15 is 0 Å². The number of likely N-dealkylation sites (N-methyl/N-ethyl adjacent to an activating group) is 1. The Bertz CT molecular complexity index is 115. The second kappa shape index (κ2) is 4.21. The Labute approximate surface area is 59.4 Å². The predicted molar refractivity (Wildman–Crippen MR) is 36.9 cm³/mol. The van der Waals surface area contributed by atoms with Crippen molar-refractivity contribution in [3.05, 3.63) is 0 Å². The van der Waals surface area contributed by atoms with Crippen molar-refractivity contribution in [2.45, 2.75) is 18.7 Å². The average Bonchev–Trinajstić information content (AvgIpc) is 1.81. The summed E-state index contributed by atoms with van der Waals surface area (Å²) in [7, 11) is 1.58. The van der Waals surface area contributed by atoms with Crippen LogP contribution in [0.3, 0.4) is 0 Å². The fourth-order valence-electron chi connectivity index (χ4n) is 0.618. The van der Waals surface area contributed by atoms with E-state index < -0.39 is 18.2 Å². The van der Waals surface area contributed by atoms with E-state index in [2.05, 4.69) is 5.32 Å². The summed E-state index contributed by atoms with van der Waals surface area (Å²) in [6.07, 6.45) is -0.851. The van der Waals surface area contributed by atoms with Crippen LogP contribution in [0.4, 0.5) is 0 Å². The van der Waals surface area contributed by atoms with Crippen molar-refractivity contribution in [2.24, 2.45) is 11.5 Å². The van der Waals surface area contributed by atoms with E-state index in [4.69, 9.17) is 16.6 Å². The standard InChI is InChI=1S/C5H13N3O2/c1-8-3(5(7)10)2-4(6)9/h3-4,8-9H,2,6H2,1H3,(H2,7,10). The van der Waals surface area contributed by atoms with Gasteiger partial charge in [-0.15, -0.1) is 0 Å². The van der Waals surface area contributed by atoms with Gasteiger partial charge >= 0.3 is 0 Å². The molecule has 6 N–H and O–H groups in total. The second-order valence-corrected chi connectivity index (χ2v) is 2.05. The molecular weight excluding hydrogens is 134 g/mol. The van der Waals surface area contributed by atoms with Crippen LogP contribution in [-0.2, 0) is 4.79 Å². The Morgan fingerprint density at radius 1 is 1.80 bits per heavy atom. The van der Waals surface area contributed by atoms with Gasteiger partial charge in [0.15, 0.2) is 0 Å². The fourth-order valence-corrected chi connectivity index (χ4v) is 0.618. The third-order valence-electron chi connectivity index (χ3n) is 1.17. The zero-order valence-corrected chi connectivity index (χ0v) is 5.87. The van der Waals surface area contributed by atoms with Crippen LogP contribution < -0.4 is 16.8 Å². The predicted octanol–water partition coefficient (Wildman–Crippen LogP) is -2.27. The zero-order chi connectivity index (χ0) is 8.15. The summed E-state index contributed by atoms with van der Waals surface area (Å²) in [6, 6.07) is -0.542. The molecule has 0 saturated carbocycles. The van der Waals surface area contributed by atoms with Crippen LogP contribution >= 0.6 is 0 Å². The molecule has 1 amide bonds. The zero-order valence-electron chi connectivity index (χ0n) is 5.87. The smallest absolute Gasteiger partial charge is 0.234 e. The minimum absolute atomic E-state index is 0.145. The Balaban J connectivity index is 3.72. The highest BCUT2D eigenvalue weighted by Crippen LogP contribution is 1.90. The normalized spacial score (nSPS) is 16.3. The quantitative estimate of drug-likeness (QED) is 0.337. The van der Waals surface area contributed by atoms with Gasteiger partial charge in [0.25, 0.3) is 0 Å². The minimum atomic E-state index is -0.995. The van der Waals surface area contributed by atoms with E-state index in [9.17, 15) is 4.79 Å². The number of nitrogens with two attached hydrogens (primary N) is 2. The number of hydrogen-bond acceptors (Lipinski definition) is 4. The highest BCUT2D eigenvalue weighted by atomic mass is 16.3. The number of rotatable bonds is 4. The fraction of sp³-hybridized carbons (Fsp3) is 0.800. The monoisotopic (exact) mass is 147 g/mol. The van der Waals surface area contributed by atoms with Crippen LogP contribution in [0, 0.1) is 0 Å². The van der Waals surface area contributed by atoms with E-state index in [1.165, 1.54) is 0 Å². The van der Waals surface area contributed by atoms with E-state index in [1.54, 1.807) is 7.05 Å². The summed E-state index contributed by atoms with van der Waals surface area (Å²) in [5.74, 6) is -0.507. The van der Waals surface area contributed by atoms with Crippen LogP contribution in [0.25, 0.3) is 0 Å². The molecule has 0 aromatic heterocycles. The molecule has 5 heteroatoms. The lowest BCUT2D eigenvalue weighted by molar-refractivity contribution is -0.120. The van der Waals surface area contributed by atoms with Crippen molar-refractivity contribution >= 4 is 5.91 Å². The number of carbonyl (C=O) groups excluding carboxylic acids is 1. The molecule has 0 aromatic rings. The molecule has 0 aliphatic heterocycles. The summed E-state index contributed by atoms with van der Waals surface area (Å²) in [6.45, 7) is 0. The molecule has 0 rings (SSSR count). The first-order valence-corrected chi connectivity index (χ1v) is 2.98. The Morgan fingerprint density at radius 3 is 2.40 bits per heavy atom. The molecule has 0 aromatic carbocycles. The van der Waals surface area contributed by atoms with Crippen LogP contribution in [0.2, 0.25) is 0 Å². The molecule has 2 unspecified atom stereocenters. The minimum Gasteiger partial charge on any atom is -0.379 e. The Hall–Kier alpha value is -0.650. The summed E-state index contributed by atoms with van der Waals surface area (Å²) in [5, 5.41) is 11.3. The lowest BCUT2D eigenvalue weighted by Gasteiger charge is -2.12. The summed E-state index contributed by atoms with van der Waals surface area (Å²) in [5.41, 5.74) is 9.94. The van der Waals surface area contributed by atoms with Gasteiger partial charge in [-0.3, -0.25) is 4.79 Å². The number of hydrogen-bond donors (Lipinski definition) is 4. The first-order valence-electron chi connectivity index (χ1n) is 2.98. The van der Waals surface area contributed by atoms with Crippen LogP contribution in [0.1, 0.15) is 6.42 Å². The number of nitrogens with one attached hydrogen (secondary N) is 1. The molecule has 0 heterocycles. The number of aliphatic hydroxyl groups excluding tert-OH is 1. The molecular formula is C5H13N3O2. The Kier molecular flexibility index (Phi) is 3.94. The second-order valence-electron chi connectivity index (χ2n) is 2.05. The van der Waals surface area contributed by atoms with Crippen molar-refractivity contribution in [3.63, 3.8) is 0 Å². The van der Waals surface area contributed by atoms with Gasteiger partial charge in [-0.1, -0.05) is 0 Å². The molecule has 0 spiro atoms. The van der Waals surface area contributed by atoms with E-state index in [1.807, 2.05) is 0 Å². The van der Waals surface area contributed by atoms with Gasteiger partial charge in [0, 0.05) is 6.42 Å². The number of amides is 1. The molecule has 10 heavy (non-hydrogen) atoms. The topological polar surface area (TPSA) is 101 Å². The van der Waals surface area contributed by atoms with Crippen molar-refractivity contribution in [1.29, 1.82) is 0 Å².